The van der Waals surface area contributed by atoms with Crippen molar-refractivity contribution in [2.24, 2.45) is 0 Å². The van der Waals surface area contributed by atoms with Crippen LogP contribution in [0.15, 0.2) is 42.5 Å². The van der Waals surface area contributed by atoms with E-state index in [0.717, 1.165) is 24.4 Å². The van der Waals surface area contributed by atoms with Gasteiger partial charge >= 0.3 is 0 Å². The van der Waals surface area contributed by atoms with Gasteiger partial charge in [0, 0.05) is 6.54 Å². The number of aryl methyl sites for hydroxylation is 1. The number of anilines is 2. The second kappa shape index (κ2) is 6.85. The molecule has 0 amide bonds. The molecule has 2 aromatic carbocycles. The van der Waals surface area contributed by atoms with Gasteiger partial charge in [0.1, 0.15) is 5.75 Å². The molecule has 0 aliphatic rings. The van der Waals surface area contributed by atoms with Gasteiger partial charge in [0.2, 0.25) is 0 Å². The SMILES string of the molecule is CCOc1cccc(NCc2ccccc2CC)c1N. The van der Waals surface area contributed by atoms with Crippen molar-refractivity contribution < 1.29 is 4.74 Å². The van der Waals surface area contributed by atoms with Crippen LogP contribution >= 0.6 is 0 Å². The lowest BCUT2D eigenvalue weighted by Crippen LogP contribution is -2.06. The summed E-state index contributed by atoms with van der Waals surface area (Å²) in [6.45, 7) is 5.51. The van der Waals surface area contributed by atoms with E-state index in [4.69, 9.17) is 10.5 Å². The smallest absolute Gasteiger partial charge is 0.144 e. The lowest BCUT2D eigenvalue weighted by molar-refractivity contribution is 0.342. The number of hydrogen-bond acceptors (Lipinski definition) is 3. The zero-order valence-corrected chi connectivity index (χ0v) is 12.1. The predicted octanol–water partition coefficient (Wildman–Crippen LogP) is 3.84. The molecule has 0 aromatic heterocycles. The summed E-state index contributed by atoms with van der Waals surface area (Å²) in [7, 11) is 0. The zero-order valence-electron chi connectivity index (χ0n) is 12.1. The minimum atomic E-state index is 0.617. The Morgan fingerprint density at radius 2 is 1.75 bits per heavy atom. The van der Waals surface area contributed by atoms with E-state index in [2.05, 4.69) is 36.5 Å². The Morgan fingerprint density at radius 1 is 1.00 bits per heavy atom. The second-order valence-electron chi connectivity index (χ2n) is 4.63. The van der Waals surface area contributed by atoms with Crippen molar-refractivity contribution in [2.45, 2.75) is 26.8 Å². The van der Waals surface area contributed by atoms with Crippen molar-refractivity contribution in [1.29, 1.82) is 0 Å². The van der Waals surface area contributed by atoms with Crippen LogP contribution in [0.2, 0.25) is 0 Å². The molecule has 0 heterocycles. The largest absolute Gasteiger partial charge is 0.492 e. The van der Waals surface area contributed by atoms with E-state index in [1.165, 1.54) is 11.1 Å². The first-order chi connectivity index (χ1) is 9.76. The molecule has 0 atom stereocenters. The van der Waals surface area contributed by atoms with E-state index in [1.54, 1.807) is 0 Å². The third kappa shape index (κ3) is 3.23. The van der Waals surface area contributed by atoms with Crippen molar-refractivity contribution >= 4 is 11.4 Å². The summed E-state index contributed by atoms with van der Waals surface area (Å²) in [6, 6.07) is 14.3. The summed E-state index contributed by atoms with van der Waals surface area (Å²) in [5.41, 5.74) is 10.4. The molecule has 3 nitrogen and oxygen atoms in total. The summed E-state index contributed by atoms with van der Waals surface area (Å²) in [6.07, 6.45) is 1.03. The quantitative estimate of drug-likeness (QED) is 0.784. The van der Waals surface area contributed by atoms with Gasteiger partial charge in [0.25, 0.3) is 0 Å². The standard InChI is InChI=1S/C17H22N2O/c1-3-13-8-5-6-9-14(13)12-19-15-10-7-11-16(17(15)18)20-4-2/h5-11,19H,3-4,12,18H2,1-2H3. The Hall–Kier alpha value is -2.16. The van der Waals surface area contributed by atoms with Crippen LogP contribution < -0.4 is 15.8 Å². The minimum absolute atomic E-state index is 0.617. The maximum absolute atomic E-state index is 6.12. The van der Waals surface area contributed by atoms with Gasteiger partial charge in [-0.15, -0.1) is 0 Å². The van der Waals surface area contributed by atoms with Crippen molar-refractivity contribution in [3.63, 3.8) is 0 Å². The molecular weight excluding hydrogens is 248 g/mol. The molecule has 0 radical (unpaired) electrons. The number of para-hydroxylation sites is 1. The number of nitrogen functional groups attached to an aromatic ring is 1. The molecule has 0 fully saturated rings. The molecule has 3 N–H and O–H groups in total. The summed E-state index contributed by atoms with van der Waals surface area (Å²) in [5, 5.41) is 3.40. The predicted molar refractivity (Wildman–Crippen MR) is 85.2 cm³/mol. The van der Waals surface area contributed by atoms with E-state index in [1.807, 2.05) is 25.1 Å². The maximum atomic E-state index is 6.12. The Balaban J connectivity index is 2.13. The third-order valence-electron chi connectivity index (χ3n) is 3.33. The van der Waals surface area contributed by atoms with Crippen molar-refractivity contribution in [1.82, 2.24) is 0 Å². The van der Waals surface area contributed by atoms with E-state index in [-0.39, 0.29) is 0 Å². The van der Waals surface area contributed by atoms with Crippen LogP contribution in [0.1, 0.15) is 25.0 Å². The summed E-state index contributed by atoms with van der Waals surface area (Å²) in [4.78, 5) is 0. The molecule has 0 aliphatic carbocycles. The molecule has 0 unspecified atom stereocenters. The highest BCUT2D eigenvalue weighted by molar-refractivity contribution is 5.73. The first-order valence-corrected chi connectivity index (χ1v) is 7.08. The number of ether oxygens (including phenoxy) is 1. The van der Waals surface area contributed by atoms with Gasteiger partial charge < -0.3 is 15.8 Å². The highest BCUT2D eigenvalue weighted by Gasteiger charge is 2.06. The molecule has 106 valence electrons. The van der Waals surface area contributed by atoms with E-state index in [0.29, 0.717) is 12.3 Å². The van der Waals surface area contributed by atoms with E-state index in [9.17, 15) is 0 Å². The topological polar surface area (TPSA) is 47.3 Å². The number of nitrogens with one attached hydrogen (secondary N) is 1. The molecule has 0 bridgehead atoms. The van der Waals surface area contributed by atoms with Gasteiger partial charge in [-0.2, -0.15) is 0 Å². The van der Waals surface area contributed by atoms with Crippen molar-refractivity contribution in [3.8, 4) is 5.75 Å². The average molecular weight is 270 g/mol. The lowest BCUT2D eigenvalue weighted by Gasteiger charge is -2.14. The van der Waals surface area contributed by atoms with E-state index >= 15 is 0 Å². The summed E-state index contributed by atoms with van der Waals surface area (Å²) >= 11 is 0. The van der Waals surface area contributed by atoms with Crippen LogP contribution in [0, 0.1) is 0 Å². The number of benzene rings is 2. The fraction of sp³-hybridized carbons (Fsp3) is 0.294. The van der Waals surface area contributed by atoms with Gasteiger partial charge in [-0.1, -0.05) is 37.3 Å². The van der Waals surface area contributed by atoms with Crippen LogP contribution in [0.3, 0.4) is 0 Å². The van der Waals surface area contributed by atoms with Gasteiger partial charge in [0.05, 0.1) is 18.0 Å². The molecule has 0 aliphatic heterocycles. The molecule has 3 heteroatoms. The Labute approximate surface area is 120 Å². The summed E-state index contributed by atoms with van der Waals surface area (Å²) < 4.78 is 5.51. The van der Waals surface area contributed by atoms with Crippen molar-refractivity contribution in [3.05, 3.63) is 53.6 Å². The first kappa shape index (κ1) is 14.3. The van der Waals surface area contributed by atoms with E-state index < -0.39 is 0 Å². The number of nitrogens with two attached hydrogens (primary N) is 1. The lowest BCUT2D eigenvalue weighted by atomic mass is 10.1. The Morgan fingerprint density at radius 3 is 2.45 bits per heavy atom. The molecule has 2 aromatic rings. The van der Waals surface area contributed by atoms with Gasteiger partial charge in [-0.3, -0.25) is 0 Å². The fourth-order valence-corrected chi connectivity index (χ4v) is 2.24. The third-order valence-corrected chi connectivity index (χ3v) is 3.33. The minimum Gasteiger partial charge on any atom is -0.492 e. The maximum Gasteiger partial charge on any atom is 0.144 e. The molecule has 20 heavy (non-hydrogen) atoms. The highest BCUT2D eigenvalue weighted by atomic mass is 16.5. The zero-order chi connectivity index (χ0) is 14.4. The normalized spacial score (nSPS) is 10.3. The molecule has 2 rings (SSSR count). The highest BCUT2D eigenvalue weighted by Crippen LogP contribution is 2.29. The monoisotopic (exact) mass is 270 g/mol. The fourth-order valence-electron chi connectivity index (χ4n) is 2.24. The van der Waals surface area contributed by atoms with Gasteiger partial charge in [0.15, 0.2) is 0 Å². The second-order valence-corrected chi connectivity index (χ2v) is 4.63. The first-order valence-electron chi connectivity index (χ1n) is 7.08. The average Bonchev–Trinajstić information content (AvgIpc) is 2.48. The van der Waals surface area contributed by atoms with Crippen LogP contribution in [0.4, 0.5) is 11.4 Å². The summed E-state index contributed by atoms with van der Waals surface area (Å²) in [5.74, 6) is 0.737. The van der Waals surface area contributed by atoms with Crippen LogP contribution in [-0.4, -0.2) is 6.61 Å². The van der Waals surface area contributed by atoms with Gasteiger partial charge in [-0.05, 0) is 36.6 Å². The molecule has 0 saturated carbocycles. The number of hydrogen-bond donors (Lipinski definition) is 2. The number of rotatable bonds is 6. The molecule has 0 saturated heterocycles. The van der Waals surface area contributed by atoms with Gasteiger partial charge in [-0.25, -0.2) is 0 Å². The van der Waals surface area contributed by atoms with Crippen LogP contribution in [0.25, 0.3) is 0 Å². The van der Waals surface area contributed by atoms with Crippen LogP contribution in [0.5, 0.6) is 5.75 Å². The Kier molecular flexibility index (Phi) is 4.88. The Bertz CT molecular complexity index is 567. The van der Waals surface area contributed by atoms with Crippen molar-refractivity contribution in [2.75, 3.05) is 17.7 Å². The molecular formula is C17H22N2O. The molecule has 0 spiro atoms. The van der Waals surface area contributed by atoms with Crippen LogP contribution in [-0.2, 0) is 13.0 Å².